The van der Waals surface area contributed by atoms with E-state index in [4.69, 9.17) is 0 Å². The highest BCUT2D eigenvalue weighted by atomic mass is 32.2. The summed E-state index contributed by atoms with van der Waals surface area (Å²) in [5.41, 5.74) is 3.58. The van der Waals surface area contributed by atoms with Crippen molar-refractivity contribution in [1.82, 2.24) is 9.88 Å². The molecule has 21 heavy (non-hydrogen) atoms. The number of carbonyl (C=O) groups excluding carboxylic acids is 1. The van der Waals surface area contributed by atoms with Crippen molar-refractivity contribution in [2.75, 3.05) is 12.8 Å². The Balaban J connectivity index is 1.76. The molecular weight excluding hydrogens is 280 g/mol. The van der Waals surface area contributed by atoms with Gasteiger partial charge in [-0.15, -0.1) is 11.8 Å². The first kappa shape index (κ1) is 15.6. The van der Waals surface area contributed by atoms with Crippen molar-refractivity contribution in [3.63, 3.8) is 0 Å². The van der Waals surface area contributed by atoms with E-state index in [1.165, 1.54) is 11.1 Å². The second-order valence-corrected chi connectivity index (χ2v) is 6.08. The van der Waals surface area contributed by atoms with Gasteiger partial charge in [0.05, 0.1) is 5.75 Å². The van der Waals surface area contributed by atoms with Gasteiger partial charge in [0.25, 0.3) is 0 Å². The molecule has 0 aliphatic heterocycles. The average Bonchev–Trinajstić information content (AvgIpc) is 2.48. The maximum Gasteiger partial charge on any atom is 0.232 e. The van der Waals surface area contributed by atoms with Gasteiger partial charge in [-0.05, 0) is 24.1 Å². The maximum atomic E-state index is 12.1. The molecule has 0 atom stereocenters. The summed E-state index contributed by atoms with van der Waals surface area (Å²) in [5.74, 6) is 1.52. The largest absolute Gasteiger partial charge is 0.341 e. The first-order valence-corrected chi connectivity index (χ1v) is 8.07. The number of aromatic nitrogens is 1. The van der Waals surface area contributed by atoms with Crippen molar-refractivity contribution in [3.8, 4) is 0 Å². The zero-order valence-electron chi connectivity index (χ0n) is 12.5. The second-order valence-electron chi connectivity index (χ2n) is 5.09. The van der Waals surface area contributed by atoms with E-state index >= 15 is 0 Å². The molecular formula is C17H20N2OS. The van der Waals surface area contributed by atoms with Gasteiger partial charge in [-0.25, -0.2) is 0 Å². The number of pyridine rings is 1. The fraction of sp³-hybridized carbons (Fsp3) is 0.294. The van der Waals surface area contributed by atoms with E-state index in [1.807, 2.05) is 19.2 Å². The molecule has 4 heteroatoms. The molecule has 0 bridgehead atoms. The van der Waals surface area contributed by atoms with Crippen LogP contribution in [0.4, 0.5) is 0 Å². The number of carbonyl (C=O) groups is 1. The number of nitrogens with zero attached hydrogens (tertiary/aromatic N) is 2. The summed E-state index contributed by atoms with van der Waals surface area (Å²) in [6, 6.07) is 12.3. The van der Waals surface area contributed by atoms with Crippen LogP contribution in [0.2, 0.25) is 0 Å². The highest BCUT2D eigenvalue weighted by Crippen LogP contribution is 2.14. The lowest BCUT2D eigenvalue weighted by molar-refractivity contribution is -0.127. The Morgan fingerprint density at radius 1 is 1.24 bits per heavy atom. The van der Waals surface area contributed by atoms with Gasteiger partial charge < -0.3 is 4.90 Å². The van der Waals surface area contributed by atoms with E-state index in [0.717, 1.165) is 11.3 Å². The van der Waals surface area contributed by atoms with E-state index < -0.39 is 0 Å². The molecule has 0 saturated carbocycles. The minimum atomic E-state index is 0.150. The van der Waals surface area contributed by atoms with E-state index in [2.05, 4.69) is 36.2 Å². The normalized spacial score (nSPS) is 10.4. The van der Waals surface area contributed by atoms with Crippen LogP contribution in [0.3, 0.4) is 0 Å². The lowest BCUT2D eigenvalue weighted by atomic mass is 10.2. The Hall–Kier alpha value is -1.81. The summed E-state index contributed by atoms with van der Waals surface area (Å²) < 4.78 is 0. The summed E-state index contributed by atoms with van der Waals surface area (Å²) in [6.45, 7) is 2.69. The number of rotatable bonds is 6. The summed E-state index contributed by atoms with van der Waals surface area (Å²) in [5, 5.41) is 0. The molecule has 0 N–H and O–H groups in total. The van der Waals surface area contributed by atoms with Crippen LogP contribution in [0.15, 0.2) is 48.8 Å². The summed E-state index contributed by atoms with van der Waals surface area (Å²) in [6.07, 6.45) is 3.53. The van der Waals surface area contributed by atoms with Gasteiger partial charge >= 0.3 is 0 Å². The van der Waals surface area contributed by atoms with Crippen LogP contribution in [0.5, 0.6) is 0 Å². The number of hydrogen-bond acceptors (Lipinski definition) is 3. The standard InChI is InChI=1S/C17H20N2OS/c1-14-5-3-6-15(9-14)12-21-13-17(20)19(2)11-16-7-4-8-18-10-16/h3-10H,11-13H2,1-2H3. The zero-order valence-corrected chi connectivity index (χ0v) is 13.3. The van der Waals surface area contributed by atoms with Gasteiger partial charge in [0.15, 0.2) is 0 Å². The van der Waals surface area contributed by atoms with Crippen molar-refractivity contribution >= 4 is 17.7 Å². The van der Waals surface area contributed by atoms with Gasteiger partial charge in [0.1, 0.15) is 0 Å². The Morgan fingerprint density at radius 2 is 2.05 bits per heavy atom. The van der Waals surface area contributed by atoms with Crippen LogP contribution >= 0.6 is 11.8 Å². The van der Waals surface area contributed by atoms with Gasteiger partial charge in [-0.1, -0.05) is 35.9 Å². The third-order valence-corrected chi connectivity index (χ3v) is 4.13. The van der Waals surface area contributed by atoms with Crippen LogP contribution in [0.25, 0.3) is 0 Å². The molecule has 0 spiro atoms. The molecule has 2 aromatic rings. The smallest absolute Gasteiger partial charge is 0.232 e. The minimum absolute atomic E-state index is 0.150. The van der Waals surface area contributed by atoms with Gasteiger partial charge in [-0.3, -0.25) is 9.78 Å². The van der Waals surface area contributed by atoms with Gasteiger partial charge in [0, 0.05) is 31.7 Å². The first-order chi connectivity index (χ1) is 10.1. The Kier molecular flexibility index (Phi) is 5.81. The predicted octanol–water partition coefficient (Wildman–Crippen LogP) is 3.28. The molecule has 0 radical (unpaired) electrons. The first-order valence-electron chi connectivity index (χ1n) is 6.91. The highest BCUT2D eigenvalue weighted by Gasteiger charge is 2.09. The third kappa shape index (κ3) is 5.23. The third-order valence-electron chi connectivity index (χ3n) is 3.15. The Bertz CT molecular complexity index is 586. The van der Waals surface area contributed by atoms with Crippen LogP contribution in [-0.4, -0.2) is 28.6 Å². The maximum absolute atomic E-state index is 12.1. The fourth-order valence-electron chi connectivity index (χ4n) is 2.02. The summed E-state index contributed by atoms with van der Waals surface area (Å²) in [7, 11) is 1.84. The molecule has 1 heterocycles. The number of amides is 1. The van der Waals surface area contributed by atoms with Crippen LogP contribution in [-0.2, 0) is 17.1 Å². The van der Waals surface area contributed by atoms with Gasteiger partial charge in [0.2, 0.25) is 5.91 Å². The number of thioether (sulfide) groups is 1. The van der Waals surface area contributed by atoms with Crippen molar-refractivity contribution in [2.24, 2.45) is 0 Å². The molecule has 0 aliphatic rings. The predicted molar refractivity (Wildman–Crippen MR) is 88.1 cm³/mol. The number of benzene rings is 1. The van der Waals surface area contributed by atoms with Crippen LogP contribution in [0.1, 0.15) is 16.7 Å². The molecule has 0 aliphatic carbocycles. The fourth-order valence-corrected chi connectivity index (χ4v) is 2.93. The minimum Gasteiger partial charge on any atom is -0.341 e. The molecule has 1 aromatic heterocycles. The molecule has 1 amide bonds. The average molecular weight is 300 g/mol. The lowest BCUT2D eigenvalue weighted by Crippen LogP contribution is -2.27. The summed E-state index contributed by atoms with van der Waals surface area (Å²) >= 11 is 1.66. The van der Waals surface area contributed by atoms with Crippen LogP contribution < -0.4 is 0 Å². The monoisotopic (exact) mass is 300 g/mol. The van der Waals surface area contributed by atoms with Crippen LogP contribution in [0, 0.1) is 6.92 Å². The van der Waals surface area contributed by atoms with Gasteiger partial charge in [-0.2, -0.15) is 0 Å². The highest BCUT2D eigenvalue weighted by molar-refractivity contribution is 7.99. The van der Waals surface area contributed by atoms with Crippen molar-refractivity contribution in [1.29, 1.82) is 0 Å². The van der Waals surface area contributed by atoms with E-state index in [-0.39, 0.29) is 5.91 Å². The van der Waals surface area contributed by atoms with Crippen molar-refractivity contribution in [3.05, 3.63) is 65.5 Å². The second kappa shape index (κ2) is 7.84. The van der Waals surface area contributed by atoms with Crippen molar-refractivity contribution < 1.29 is 4.79 Å². The summed E-state index contributed by atoms with van der Waals surface area (Å²) in [4.78, 5) is 17.9. The molecule has 2 rings (SSSR count). The molecule has 0 unspecified atom stereocenters. The topological polar surface area (TPSA) is 33.2 Å². The van der Waals surface area contributed by atoms with E-state index in [1.54, 1.807) is 29.1 Å². The van der Waals surface area contributed by atoms with E-state index in [9.17, 15) is 4.79 Å². The van der Waals surface area contributed by atoms with Crippen molar-refractivity contribution in [2.45, 2.75) is 19.2 Å². The quantitative estimate of drug-likeness (QED) is 0.821. The molecule has 1 aromatic carbocycles. The zero-order chi connectivity index (χ0) is 15.1. The Labute approximate surface area is 130 Å². The number of hydrogen-bond donors (Lipinski definition) is 0. The Morgan fingerprint density at radius 3 is 2.76 bits per heavy atom. The molecule has 0 saturated heterocycles. The molecule has 110 valence electrons. The molecule has 3 nitrogen and oxygen atoms in total. The molecule has 0 fully saturated rings. The SMILES string of the molecule is Cc1cccc(CSCC(=O)N(C)Cc2cccnc2)c1. The van der Waals surface area contributed by atoms with E-state index in [0.29, 0.717) is 12.3 Å². The lowest BCUT2D eigenvalue weighted by Gasteiger charge is -2.16. The number of aryl methyl sites for hydroxylation is 1.